The molecule has 174 valence electrons. The molecule has 5 aliphatic carbocycles. The molecule has 0 bridgehead atoms. The first-order valence-corrected chi connectivity index (χ1v) is 13.4. The summed E-state index contributed by atoms with van der Waals surface area (Å²) < 4.78 is 0. The van der Waals surface area contributed by atoms with Crippen LogP contribution >= 0.6 is 0 Å². The summed E-state index contributed by atoms with van der Waals surface area (Å²) >= 11 is 0. The first-order chi connectivity index (χ1) is 14.3. The molecule has 0 saturated heterocycles. The van der Waals surface area contributed by atoms with Crippen molar-refractivity contribution in [1.29, 1.82) is 0 Å². The van der Waals surface area contributed by atoms with Gasteiger partial charge in [0.1, 0.15) is 0 Å². The van der Waals surface area contributed by atoms with Gasteiger partial charge in [0.2, 0.25) is 0 Å². The van der Waals surface area contributed by atoms with E-state index in [-0.39, 0.29) is 11.5 Å². The Morgan fingerprint density at radius 1 is 0.839 bits per heavy atom. The highest BCUT2D eigenvalue weighted by Crippen LogP contribution is 2.75. The van der Waals surface area contributed by atoms with E-state index in [0.717, 1.165) is 18.3 Å². The summed E-state index contributed by atoms with van der Waals surface area (Å²) in [6.45, 7) is 20.2. The third-order valence-electron chi connectivity index (χ3n) is 12.8. The summed E-state index contributed by atoms with van der Waals surface area (Å²) in [5, 5.41) is 10.9. The van der Waals surface area contributed by atoms with Gasteiger partial charge < -0.3 is 5.11 Å². The van der Waals surface area contributed by atoms with E-state index >= 15 is 0 Å². The van der Waals surface area contributed by atoms with Crippen LogP contribution < -0.4 is 0 Å². The molecule has 0 aliphatic heterocycles. The summed E-state index contributed by atoms with van der Waals surface area (Å²) in [6.07, 6.45) is 14.2. The van der Waals surface area contributed by atoms with E-state index < -0.39 is 0 Å². The van der Waals surface area contributed by atoms with Gasteiger partial charge in [0.25, 0.3) is 0 Å². The lowest BCUT2D eigenvalue weighted by Gasteiger charge is -2.70. The summed E-state index contributed by atoms with van der Waals surface area (Å²) in [6, 6.07) is 0. The van der Waals surface area contributed by atoms with Crippen LogP contribution in [-0.4, -0.2) is 11.2 Å². The second kappa shape index (κ2) is 6.52. The Morgan fingerprint density at radius 3 is 2.26 bits per heavy atom. The van der Waals surface area contributed by atoms with Crippen LogP contribution in [0.1, 0.15) is 113 Å². The monoisotopic (exact) mass is 424 g/mol. The Labute approximate surface area is 192 Å². The van der Waals surface area contributed by atoms with Crippen LogP contribution in [0, 0.1) is 44.8 Å². The van der Waals surface area contributed by atoms with Crippen molar-refractivity contribution < 1.29 is 5.11 Å². The molecule has 8 atom stereocenters. The fraction of sp³-hybridized carbons (Fsp3) is 0.867. The predicted molar refractivity (Wildman–Crippen MR) is 131 cm³/mol. The molecule has 1 N–H and O–H groups in total. The van der Waals surface area contributed by atoms with E-state index in [1.807, 2.05) is 0 Å². The molecule has 0 aromatic rings. The minimum atomic E-state index is -0.132. The second-order valence-electron chi connectivity index (χ2n) is 14.2. The standard InChI is InChI=1S/C30H48O/c1-19-11-14-27(5)17-18-29(7)21(25(27)20(19)2)9-10-23-28(6)15-13-24(31)26(3,4)22(28)12-16-30(23,29)8/h9,19,22-24,31H,10-18H2,1-8H3. The Hall–Kier alpha value is -0.560. The molecule has 3 fully saturated rings. The molecule has 1 nitrogen and oxygen atoms in total. The van der Waals surface area contributed by atoms with Gasteiger partial charge in [-0.25, -0.2) is 0 Å². The molecule has 1 heteroatoms. The van der Waals surface area contributed by atoms with Crippen molar-refractivity contribution in [3.63, 3.8) is 0 Å². The van der Waals surface area contributed by atoms with Gasteiger partial charge in [-0.15, -0.1) is 0 Å². The number of hydrogen-bond acceptors (Lipinski definition) is 1. The average molecular weight is 425 g/mol. The molecule has 3 saturated carbocycles. The summed E-state index contributed by atoms with van der Waals surface area (Å²) in [5.74, 6) is 2.13. The number of aliphatic hydroxyl groups excluding tert-OH is 1. The molecule has 31 heavy (non-hydrogen) atoms. The van der Waals surface area contributed by atoms with Crippen LogP contribution in [-0.2, 0) is 0 Å². The van der Waals surface area contributed by atoms with Crippen molar-refractivity contribution >= 4 is 0 Å². The number of fused-ring (bicyclic) bond motifs is 7. The van der Waals surface area contributed by atoms with Crippen LogP contribution in [0.2, 0.25) is 0 Å². The molecule has 5 aliphatic rings. The fourth-order valence-electron chi connectivity index (χ4n) is 10.2. The summed E-state index contributed by atoms with van der Waals surface area (Å²) in [7, 11) is 0. The van der Waals surface area contributed by atoms with Gasteiger partial charge >= 0.3 is 0 Å². The third kappa shape index (κ3) is 2.59. The zero-order chi connectivity index (χ0) is 22.6. The molecular weight excluding hydrogens is 376 g/mol. The zero-order valence-electron chi connectivity index (χ0n) is 21.7. The van der Waals surface area contributed by atoms with E-state index in [1.54, 1.807) is 16.7 Å². The van der Waals surface area contributed by atoms with Crippen LogP contribution in [0.4, 0.5) is 0 Å². The molecule has 0 aromatic carbocycles. The van der Waals surface area contributed by atoms with Crippen molar-refractivity contribution in [3.8, 4) is 0 Å². The number of hydrogen-bond donors (Lipinski definition) is 1. The minimum Gasteiger partial charge on any atom is -0.393 e. The number of aliphatic hydroxyl groups is 1. The summed E-state index contributed by atoms with van der Waals surface area (Å²) in [5.41, 5.74) is 6.73. The van der Waals surface area contributed by atoms with Gasteiger partial charge in [-0.2, -0.15) is 0 Å². The summed E-state index contributed by atoms with van der Waals surface area (Å²) in [4.78, 5) is 0. The molecule has 0 radical (unpaired) electrons. The van der Waals surface area contributed by atoms with Crippen molar-refractivity contribution in [2.24, 2.45) is 44.8 Å². The van der Waals surface area contributed by atoms with Gasteiger partial charge in [0.15, 0.2) is 0 Å². The van der Waals surface area contributed by atoms with Crippen LogP contribution in [0.15, 0.2) is 22.8 Å². The maximum Gasteiger partial charge on any atom is 0.0594 e. The van der Waals surface area contributed by atoms with Gasteiger partial charge in [-0.05, 0) is 121 Å². The van der Waals surface area contributed by atoms with Crippen LogP contribution in [0.5, 0.6) is 0 Å². The lowest BCUT2D eigenvalue weighted by atomic mass is 9.34. The smallest absolute Gasteiger partial charge is 0.0594 e. The quantitative estimate of drug-likeness (QED) is 0.416. The molecule has 0 amide bonds. The first kappa shape index (κ1) is 22.2. The molecular formula is C30H48O. The van der Waals surface area contributed by atoms with E-state index in [9.17, 15) is 5.11 Å². The van der Waals surface area contributed by atoms with Gasteiger partial charge in [0.05, 0.1) is 6.10 Å². The Morgan fingerprint density at radius 2 is 1.55 bits per heavy atom. The van der Waals surface area contributed by atoms with E-state index in [0.29, 0.717) is 27.6 Å². The zero-order valence-corrected chi connectivity index (χ0v) is 21.7. The Balaban J connectivity index is 1.63. The second-order valence-corrected chi connectivity index (χ2v) is 14.2. The maximum atomic E-state index is 10.9. The maximum absolute atomic E-state index is 10.9. The normalized spacial score (nSPS) is 53.6. The highest BCUT2D eigenvalue weighted by atomic mass is 16.3. The van der Waals surface area contributed by atoms with Gasteiger partial charge in [-0.3, -0.25) is 0 Å². The lowest BCUT2D eigenvalue weighted by molar-refractivity contribution is -0.196. The molecule has 5 rings (SSSR count). The lowest BCUT2D eigenvalue weighted by Crippen LogP contribution is -2.63. The van der Waals surface area contributed by atoms with Crippen molar-refractivity contribution in [3.05, 3.63) is 22.8 Å². The van der Waals surface area contributed by atoms with Crippen molar-refractivity contribution in [2.75, 3.05) is 0 Å². The largest absolute Gasteiger partial charge is 0.393 e. The fourth-order valence-corrected chi connectivity index (χ4v) is 10.2. The van der Waals surface area contributed by atoms with E-state index in [1.165, 1.54) is 51.4 Å². The first-order valence-electron chi connectivity index (χ1n) is 13.4. The van der Waals surface area contributed by atoms with Crippen LogP contribution in [0.3, 0.4) is 0 Å². The van der Waals surface area contributed by atoms with Gasteiger partial charge in [-0.1, -0.05) is 60.1 Å². The minimum absolute atomic E-state index is 0.0439. The highest BCUT2D eigenvalue weighted by Gasteiger charge is 2.67. The number of allylic oxidation sites excluding steroid dienone is 4. The van der Waals surface area contributed by atoms with Crippen LogP contribution in [0.25, 0.3) is 0 Å². The van der Waals surface area contributed by atoms with Crippen molar-refractivity contribution in [1.82, 2.24) is 0 Å². The third-order valence-corrected chi connectivity index (χ3v) is 12.8. The Bertz CT molecular complexity index is 846. The molecule has 0 heterocycles. The van der Waals surface area contributed by atoms with E-state index in [4.69, 9.17) is 0 Å². The average Bonchev–Trinajstić information content (AvgIpc) is 2.69. The SMILES string of the molecule is CC1=C2C3=CCC4C5(C)CCC(O)C(C)(C)C5CCC4(C)C3(C)CCC2(C)CCC1C. The van der Waals surface area contributed by atoms with E-state index in [2.05, 4.69) is 61.5 Å². The topological polar surface area (TPSA) is 20.2 Å². The number of rotatable bonds is 0. The molecule has 0 aromatic heterocycles. The highest BCUT2D eigenvalue weighted by molar-refractivity contribution is 5.50. The predicted octanol–water partition coefficient (Wildman–Crippen LogP) is 8.09. The molecule has 8 unspecified atom stereocenters. The molecule has 0 spiro atoms. The van der Waals surface area contributed by atoms with Gasteiger partial charge in [0, 0.05) is 0 Å². The Kier molecular flexibility index (Phi) is 4.68. The van der Waals surface area contributed by atoms with Crippen molar-refractivity contribution in [2.45, 2.75) is 119 Å².